The molecule has 1 atom stereocenters. The largest absolute Gasteiger partial charge is 0.506 e. The number of carbonyl (C=O) groups is 1. The molecular formula is C16H12BrFN2O3. The molecule has 2 aromatic carbocycles. The van der Waals surface area contributed by atoms with Gasteiger partial charge in [-0.15, -0.1) is 0 Å². The lowest BCUT2D eigenvalue weighted by Crippen LogP contribution is -2.28. The Morgan fingerprint density at radius 1 is 1.30 bits per heavy atom. The van der Waals surface area contributed by atoms with Crippen LogP contribution in [0.2, 0.25) is 0 Å². The van der Waals surface area contributed by atoms with Crippen LogP contribution in [0.3, 0.4) is 0 Å². The number of amides is 1. The van der Waals surface area contributed by atoms with E-state index in [0.29, 0.717) is 11.3 Å². The standard InChI is InChI=1S/C16H12BrFN2O3/c17-10-3-6-14(21)13(7-10)19-16(22)15-8-12(20-23-15)9-1-4-11(18)5-2-9/h1-7,15,21H,8H2,(H,19,22)/t15-/m0/s1. The summed E-state index contributed by atoms with van der Waals surface area (Å²) in [5.74, 6) is -0.800. The van der Waals surface area contributed by atoms with Crippen molar-refractivity contribution in [3.05, 3.63) is 58.3 Å². The minimum atomic E-state index is -0.798. The second-order valence-corrected chi connectivity index (χ2v) is 5.91. The monoisotopic (exact) mass is 378 g/mol. The molecule has 1 aliphatic rings. The Balaban J connectivity index is 1.66. The van der Waals surface area contributed by atoms with E-state index < -0.39 is 12.0 Å². The molecule has 0 saturated carbocycles. The number of phenolic OH excluding ortho intramolecular Hbond substituents is 1. The number of aromatic hydroxyl groups is 1. The Morgan fingerprint density at radius 2 is 2.04 bits per heavy atom. The number of anilines is 1. The summed E-state index contributed by atoms with van der Waals surface area (Å²) in [5, 5.41) is 16.2. The van der Waals surface area contributed by atoms with Crippen molar-refractivity contribution in [2.24, 2.45) is 5.16 Å². The van der Waals surface area contributed by atoms with Gasteiger partial charge in [0.15, 0.2) is 0 Å². The predicted octanol–water partition coefficient (Wildman–Crippen LogP) is 3.43. The van der Waals surface area contributed by atoms with Crippen molar-refractivity contribution < 1.29 is 19.1 Å². The topological polar surface area (TPSA) is 70.9 Å². The summed E-state index contributed by atoms with van der Waals surface area (Å²) in [6.45, 7) is 0. The highest BCUT2D eigenvalue weighted by molar-refractivity contribution is 9.10. The van der Waals surface area contributed by atoms with E-state index in [1.54, 1.807) is 24.3 Å². The molecule has 1 heterocycles. The van der Waals surface area contributed by atoms with Crippen LogP contribution in [0.4, 0.5) is 10.1 Å². The van der Waals surface area contributed by atoms with E-state index >= 15 is 0 Å². The zero-order chi connectivity index (χ0) is 16.4. The van der Waals surface area contributed by atoms with Gasteiger partial charge in [0.25, 0.3) is 5.91 Å². The Labute approximate surface area is 139 Å². The Kier molecular flexibility index (Phi) is 4.29. The van der Waals surface area contributed by atoms with Crippen LogP contribution in [0.15, 0.2) is 52.1 Å². The quantitative estimate of drug-likeness (QED) is 0.803. The van der Waals surface area contributed by atoms with Gasteiger partial charge in [-0.05, 0) is 35.9 Å². The lowest BCUT2D eigenvalue weighted by atomic mass is 10.0. The average Bonchev–Trinajstić information content (AvgIpc) is 3.02. The van der Waals surface area contributed by atoms with Crippen LogP contribution in [0.5, 0.6) is 5.75 Å². The summed E-state index contributed by atoms with van der Waals surface area (Å²) >= 11 is 3.27. The number of hydrogen-bond acceptors (Lipinski definition) is 4. The first kappa shape index (κ1) is 15.5. The maximum absolute atomic E-state index is 12.9. The molecule has 0 bridgehead atoms. The normalized spacial score (nSPS) is 16.6. The zero-order valence-corrected chi connectivity index (χ0v) is 13.4. The molecule has 0 spiro atoms. The summed E-state index contributed by atoms with van der Waals surface area (Å²) in [7, 11) is 0. The first-order valence-electron chi connectivity index (χ1n) is 6.81. The second-order valence-electron chi connectivity index (χ2n) is 4.99. The van der Waals surface area contributed by atoms with Crippen LogP contribution in [0, 0.1) is 5.82 Å². The van der Waals surface area contributed by atoms with Gasteiger partial charge in [-0.2, -0.15) is 0 Å². The van der Waals surface area contributed by atoms with E-state index in [4.69, 9.17) is 4.84 Å². The highest BCUT2D eigenvalue weighted by Crippen LogP contribution is 2.27. The number of carbonyl (C=O) groups excluding carboxylic acids is 1. The van der Waals surface area contributed by atoms with E-state index in [1.165, 1.54) is 18.2 Å². The minimum absolute atomic E-state index is 0.0424. The molecule has 2 N–H and O–H groups in total. The average molecular weight is 379 g/mol. The number of nitrogens with one attached hydrogen (secondary N) is 1. The first-order valence-corrected chi connectivity index (χ1v) is 7.60. The Hall–Kier alpha value is -2.41. The van der Waals surface area contributed by atoms with Crippen LogP contribution in [-0.4, -0.2) is 22.8 Å². The van der Waals surface area contributed by atoms with E-state index in [-0.39, 0.29) is 23.7 Å². The van der Waals surface area contributed by atoms with Crippen LogP contribution < -0.4 is 5.32 Å². The smallest absolute Gasteiger partial charge is 0.268 e. The Morgan fingerprint density at radius 3 is 2.78 bits per heavy atom. The molecule has 0 fully saturated rings. The summed E-state index contributed by atoms with van der Waals surface area (Å²) in [6, 6.07) is 10.5. The van der Waals surface area contributed by atoms with E-state index in [1.807, 2.05) is 0 Å². The predicted molar refractivity (Wildman–Crippen MR) is 86.9 cm³/mol. The number of phenols is 1. The number of halogens is 2. The van der Waals surface area contributed by atoms with Crippen molar-refractivity contribution in [1.82, 2.24) is 0 Å². The molecule has 23 heavy (non-hydrogen) atoms. The van der Waals surface area contributed by atoms with Gasteiger partial charge < -0.3 is 15.3 Å². The molecule has 0 radical (unpaired) electrons. The Bertz CT molecular complexity index is 777. The fourth-order valence-electron chi connectivity index (χ4n) is 2.15. The third-order valence-electron chi connectivity index (χ3n) is 3.36. The van der Waals surface area contributed by atoms with Gasteiger partial charge in [-0.1, -0.05) is 33.2 Å². The lowest BCUT2D eigenvalue weighted by molar-refractivity contribution is -0.125. The third-order valence-corrected chi connectivity index (χ3v) is 3.85. The highest BCUT2D eigenvalue weighted by atomic mass is 79.9. The van der Waals surface area contributed by atoms with Crippen molar-refractivity contribution >= 4 is 33.2 Å². The maximum atomic E-state index is 12.9. The SMILES string of the molecule is O=C(Nc1cc(Br)ccc1O)[C@@H]1CC(c2ccc(F)cc2)=NO1. The van der Waals surface area contributed by atoms with Gasteiger partial charge in [-0.25, -0.2) is 4.39 Å². The van der Waals surface area contributed by atoms with Crippen molar-refractivity contribution in [2.45, 2.75) is 12.5 Å². The van der Waals surface area contributed by atoms with Crippen molar-refractivity contribution in [1.29, 1.82) is 0 Å². The molecule has 3 rings (SSSR count). The molecule has 2 aromatic rings. The van der Waals surface area contributed by atoms with E-state index in [9.17, 15) is 14.3 Å². The van der Waals surface area contributed by atoms with Crippen LogP contribution in [-0.2, 0) is 9.63 Å². The van der Waals surface area contributed by atoms with E-state index in [0.717, 1.165) is 4.47 Å². The van der Waals surface area contributed by atoms with Gasteiger partial charge >= 0.3 is 0 Å². The molecule has 5 nitrogen and oxygen atoms in total. The number of oxime groups is 1. The van der Waals surface area contributed by atoms with Crippen molar-refractivity contribution in [2.75, 3.05) is 5.32 Å². The fraction of sp³-hybridized carbons (Fsp3) is 0.125. The fourth-order valence-corrected chi connectivity index (χ4v) is 2.51. The summed E-state index contributed by atoms with van der Waals surface area (Å²) in [4.78, 5) is 17.4. The molecule has 0 saturated heterocycles. The number of rotatable bonds is 3. The highest BCUT2D eigenvalue weighted by Gasteiger charge is 2.29. The summed E-state index contributed by atoms with van der Waals surface area (Å²) in [6.07, 6.45) is -0.528. The minimum Gasteiger partial charge on any atom is -0.506 e. The molecule has 7 heteroatoms. The van der Waals surface area contributed by atoms with Gasteiger partial charge in [0.1, 0.15) is 11.6 Å². The van der Waals surface area contributed by atoms with Crippen LogP contribution >= 0.6 is 15.9 Å². The molecule has 0 unspecified atom stereocenters. The summed E-state index contributed by atoms with van der Waals surface area (Å²) in [5.41, 5.74) is 1.55. The third kappa shape index (κ3) is 3.50. The van der Waals surface area contributed by atoms with Gasteiger partial charge in [-0.3, -0.25) is 4.79 Å². The molecule has 1 aliphatic heterocycles. The summed E-state index contributed by atoms with van der Waals surface area (Å²) < 4.78 is 13.7. The molecule has 0 aromatic heterocycles. The second kappa shape index (κ2) is 6.37. The lowest BCUT2D eigenvalue weighted by Gasteiger charge is -2.11. The van der Waals surface area contributed by atoms with Gasteiger partial charge in [0.2, 0.25) is 6.10 Å². The van der Waals surface area contributed by atoms with E-state index in [2.05, 4.69) is 26.4 Å². The van der Waals surface area contributed by atoms with Crippen LogP contribution in [0.25, 0.3) is 0 Å². The number of hydrogen-bond donors (Lipinski definition) is 2. The molecule has 0 aliphatic carbocycles. The number of nitrogens with zero attached hydrogens (tertiary/aromatic N) is 1. The van der Waals surface area contributed by atoms with Crippen molar-refractivity contribution in [3.8, 4) is 5.75 Å². The van der Waals surface area contributed by atoms with Gasteiger partial charge in [0.05, 0.1) is 11.4 Å². The zero-order valence-electron chi connectivity index (χ0n) is 11.8. The molecule has 1 amide bonds. The molecule has 118 valence electrons. The van der Waals surface area contributed by atoms with Crippen molar-refractivity contribution in [3.63, 3.8) is 0 Å². The van der Waals surface area contributed by atoms with Gasteiger partial charge in [0, 0.05) is 10.9 Å². The van der Waals surface area contributed by atoms with Crippen LogP contribution in [0.1, 0.15) is 12.0 Å². The molecular weight excluding hydrogens is 367 g/mol. The maximum Gasteiger partial charge on any atom is 0.268 e. The number of benzene rings is 2. The first-order chi connectivity index (χ1) is 11.0.